The van der Waals surface area contributed by atoms with E-state index in [1.54, 1.807) is 6.08 Å². The molecule has 4 heteroatoms. The van der Waals surface area contributed by atoms with Crippen LogP contribution in [0.3, 0.4) is 0 Å². The number of aliphatic hydroxyl groups excluding tert-OH is 1. The molecule has 0 saturated carbocycles. The van der Waals surface area contributed by atoms with Crippen LogP contribution in [0, 0.1) is 0 Å². The maximum absolute atomic E-state index is 11.6. The zero-order valence-corrected chi connectivity index (χ0v) is 12.3. The highest BCUT2D eigenvalue weighted by Crippen LogP contribution is 2.29. The van der Waals surface area contributed by atoms with E-state index in [-0.39, 0.29) is 24.3 Å². The van der Waals surface area contributed by atoms with Crippen LogP contribution in [0.1, 0.15) is 58.3 Å². The number of aliphatic hydroxyl groups is 1. The number of cyclic esters (lactones) is 1. The third kappa shape index (κ3) is 5.25. The van der Waals surface area contributed by atoms with Crippen molar-refractivity contribution in [3.8, 4) is 0 Å². The van der Waals surface area contributed by atoms with E-state index in [1.165, 1.54) is 31.8 Å². The molecule has 1 saturated heterocycles. The molecule has 0 amide bonds. The normalized spacial score (nSPS) is 38.6. The van der Waals surface area contributed by atoms with Crippen molar-refractivity contribution >= 4 is 5.97 Å². The van der Waals surface area contributed by atoms with Gasteiger partial charge in [0.05, 0.1) is 12.2 Å². The highest BCUT2D eigenvalue weighted by molar-refractivity contribution is 5.82. The van der Waals surface area contributed by atoms with Gasteiger partial charge >= 0.3 is 5.97 Å². The van der Waals surface area contributed by atoms with E-state index in [0.717, 1.165) is 25.7 Å². The summed E-state index contributed by atoms with van der Waals surface area (Å²) in [7, 11) is 0. The molecule has 2 heterocycles. The van der Waals surface area contributed by atoms with Crippen molar-refractivity contribution in [2.24, 2.45) is 0 Å². The monoisotopic (exact) mass is 282 g/mol. The second kappa shape index (κ2) is 7.79. The van der Waals surface area contributed by atoms with Gasteiger partial charge in [-0.25, -0.2) is 4.79 Å². The predicted octanol–water partition coefficient (Wildman–Crippen LogP) is 2.74. The van der Waals surface area contributed by atoms with Crippen molar-refractivity contribution < 1.29 is 19.4 Å². The molecular formula is C16H26O4. The maximum Gasteiger partial charge on any atom is 0.330 e. The fourth-order valence-electron chi connectivity index (χ4n) is 2.73. The second-order valence-corrected chi connectivity index (χ2v) is 5.94. The van der Waals surface area contributed by atoms with Gasteiger partial charge in [0.2, 0.25) is 0 Å². The summed E-state index contributed by atoms with van der Waals surface area (Å²) in [5.41, 5.74) is 0. The first-order chi connectivity index (χ1) is 9.66. The zero-order chi connectivity index (χ0) is 14.4. The van der Waals surface area contributed by atoms with E-state index in [4.69, 9.17) is 9.47 Å². The Hall–Kier alpha value is -0.870. The standard InChI is InChI=1S/C16H26O4/c1-12-8-6-4-2-3-5-7-9-13(17)16-14(20-16)10-11-15(18)19-12/h10-14,16-17H,2-9H2,1H3/b11-10+/t12-,13+,14-,16+/m1/s1. The van der Waals surface area contributed by atoms with Gasteiger partial charge < -0.3 is 14.6 Å². The molecule has 4 atom stereocenters. The fraction of sp³-hybridized carbons (Fsp3) is 0.812. The van der Waals surface area contributed by atoms with Crippen LogP contribution in [0.4, 0.5) is 0 Å². The first kappa shape index (κ1) is 15.5. The summed E-state index contributed by atoms with van der Waals surface area (Å²) in [6.07, 6.45) is 11.1. The first-order valence-corrected chi connectivity index (χ1v) is 7.89. The molecule has 1 N–H and O–H groups in total. The summed E-state index contributed by atoms with van der Waals surface area (Å²) in [6.45, 7) is 1.94. The number of fused-ring (bicyclic) bond motifs is 1. The van der Waals surface area contributed by atoms with Crippen LogP contribution in [-0.2, 0) is 14.3 Å². The highest BCUT2D eigenvalue weighted by Gasteiger charge is 2.42. The smallest absolute Gasteiger partial charge is 0.330 e. The summed E-state index contributed by atoms with van der Waals surface area (Å²) < 4.78 is 10.7. The molecule has 0 aromatic rings. The number of hydrogen-bond acceptors (Lipinski definition) is 4. The summed E-state index contributed by atoms with van der Waals surface area (Å²) in [6, 6.07) is 0. The molecule has 20 heavy (non-hydrogen) atoms. The quantitative estimate of drug-likeness (QED) is 0.548. The van der Waals surface area contributed by atoms with E-state index in [1.807, 2.05) is 6.92 Å². The lowest BCUT2D eigenvalue weighted by Gasteiger charge is -2.12. The molecule has 2 rings (SSSR count). The fourth-order valence-corrected chi connectivity index (χ4v) is 2.73. The van der Waals surface area contributed by atoms with Crippen molar-refractivity contribution in [1.82, 2.24) is 0 Å². The van der Waals surface area contributed by atoms with Gasteiger partial charge in [-0.1, -0.05) is 32.1 Å². The lowest BCUT2D eigenvalue weighted by molar-refractivity contribution is -0.142. The zero-order valence-electron chi connectivity index (χ0n) is 12.3. The average Bonchev–Trinajstić information content (AvgIpc) is 3.18. The van der Waals surface area contributed by atoms with E-state index >= 15 is 0 Å². The SMILES string of the molecule is C[C@@H]1CCCCCCCC[C@H](O)[C@@H]2O[C@@H]2/C=C/C(=O)O1. The number of hydrogen-bond donors (Lipinski definition) is 1. The van der Waals surface area contributed by atoms with Gasteiger partial charge in [-0.15, -0.1) is 0 Å². The van der Waals surface area contributed by atoms with Gasteiger partial charge in [0.25, 0.3) is 0 Å². The molecule has 0 unspecified atom stereocenters. The lowest BCUT2D eigenvalue weighted by atomic mass is 10.0. The van der Waals surface area contributed by atoms with Crippen LogP contribution in [0.25, 0.3) is 0 Å². The van der Waals surface area contributed by atoms with Crippen LogP contribution < -0.4 is 0 Å². The molecule has 0 bridgehead atoms. The summed E-state index contributed by atoms with van der Waals surface area (Å²) in [5, 5.41) is 9.96. The Kier molecular flexibility index (Phi) is 6.05. The minimum atomic E-state index is -0.410. The van der Waals surface area contributed by atoms with Crippen LogP contribution in [0.5, 0.6) is 0 Å². The molecule has 0 aliphatic carbocycles. The third-order valence-electron chi connectivity index (χ3n) is 4.04. The lowest BCUT2D eigenvalue weighted by Crippen LogP contribution is -2.17. The molecule has 0 aromatic carbocycles. The van der Waals surface area contributed by atoms with E-state index in [2.05, 4.69) is 0 Å². The third-order valence-corrected chi connectivity index (χ3v) is 4.04. The van der Waals surface area contributed by atoms with Crippen molar-refractivity contribution in [2.75, 3.05) is 0 Å². The molecule has 0 spiro atoms. The minimum absolute atomic E-state index is 0.0263. The number of rotatable bonds is 0. The second-order valence-electron chi connectivity index (χ2n) is 5.94. The molecule has 1 fully saturated rings. The van der Waals surface area contributed by atoms with E-state index in [9.17, 15) is 9.90 Å². The van der Waals surface area contributed by atoms with Crippen LogP contribution >= 0.6 is 0 Å². The van der Waals surface area contributed by atoms with Gasteiger partial charge in [-0.3, -0.25) is 0 Å². The number of carbonyl (C=O) groups is 1. The van der Waals surface area contributed by atoms with Crippen molar-refractivity contribution in [3.63, 3.8) is 0 Å². The van der Waals surface area contributed by atoms with Gasteiger partial charge in [-0.2, -0.15) is 0 Å². The van der Waals surface area contributed by atoms with Crippen LogP contribution in [-0.4, -0.2) is 35.5 Å². The Morgan fingerprint density at radius 3 is 2.50 bits per heavy atom. The molecule has 2 aliphatic rings. The Labute approximate surface area is 121 Å². The highest BCUT2D eigenvalue weighted by atomic mass is 16.6. The van der Waals surface area contributed by atoms with E-state index < -0.39 is 6.10 Å². The van der Waals surface area contributed by atoms with Crippen LogP contribution in [0.15, 0.2) is 12.2 Å². The average molecular weight is 282 g/mol. The Morgan fingerprint density at radius 1 is 1.10 bits per heavy atom. The molecule has 2 aliphatic heterocycles. The number of epoxide rings is 1. The molecule has 0 aromatic heterocycles. The number of ether oxygens (including phenoxy) is 2. The van der Waals surface area contributed by atoms with Crippen molar-refractivity contribution in [3.05, 3.63) is 12.2 Å². The topological polar surface area (TPSA) is 59.1 Å². The number of carbonyl (C=O) groups excluding carboxylic acids is 1. The molecule has 4 nitrogen and oxygen atoms in total. The Bertz CT molecular complexity index is 339. The van der Waals surface area contributed by atoms with Crippen molar-refractivity contribution in [2.45, 2.75) is 82.7 Å². The Morgan fingerprint density at radius 2 is 1.75 bits per heavy atom. The van der Waals surface area contributed by atoms with E-state index in [0.29, 0.717) is 0 Å². The van der Waals surface area contributed by atoms with Crippen molar-refractivity contribution in [1.29, 1.82) is 0 Å². The Balaban J connectivity index is 1.84. The summed E-state index contributed by atoms with van der Waals surface area (Å²) in [5.74, 6) is -0.312. The van der Waals surface area contributed by atoms with Gasteiger partial charge in [0.15, 0.2) is 0 Å². The maximum atomic E-state index is 11.6. The van der Waals surface area contributed by atoms with Gasteiger partial charge in [-0.05, 0) is 32.3 Å². The predicted molar refractivity (Wildman–Crippen MR) is 76.3 cm³/mol. The summed E-state index contributed by atoms with van der Waals surface area (Å²) in [4.78, 5) is 11.6. The van der Waals surface area contributed by atoms with Gasteiger partial charge in [0, 0.05) is 6.08 Å². The molecular weight excluding hydrogens is 256 g/mol. The summed E-state index contributed by atoms with van der Waals surface area (Å²) >= 11 is 0. The van der Waals surface area contributed by atoms with Crippen LogP contribution in [0.2, 0.25) is 0 Å². The minimum Gasteiger partial charge on any atom is -0.460 e. The largest absolute Gasteiger partial charge is 0.460 e. The molecule has 0 radical (unpaired) electrons. The molecule has 114 valence electrons. The number of esters is 1. The van der Waals surface area contributed by atoms with Gasteiger partial charge in [0.1, 0.15) is 12.2 Å². The first-order valence-electron chi connectivity index (χ1n) is 7.89.